The van der Waals surface area contributed by atoms with Crippen molar-refractivity contribution >= 4 is 17.5 Å². The number of halogens is 1. The van der Waals surface area contributed by atoms with Crippen molar-refractivity contribution in [1.82, 2.24) is 9.78 Å². The summed E-state index contributed by atoms with van der Waals surface area (Å²) in [5, 5.41) is 7.24. The van der Waals surface area contributed by atoms with Gasteiger partial charge in [0.25, 0.3) is 5.91 Å². The van der Waals surface area contributed by atoms with Gasteiger partial charge >= 0.3 is 0 Å². The number of carbonyl (C=O) groups excluding carboxylic acids is 2. The molecule has 0 aliphatic heterocycles. The van der Waals surface area contributed by atoms with Crippen LogP contribution in [0.3, 0.4) is 0 Å². The summed E-state index contributed by atoms with van der Waals surface area (Å²) in [6.45, 7) is 4.02. The van der Waals surface area contributed by atoms with Gasteiger partial charge in [0.15, 0.2) is 0 Å². The van der Waals surface area contributed by atoms with Gasteiger partial charge in [-0.05, 0) is 48.7 Å². The molecule has 0 bridgehead atoms. The highest BCUT2D eigenvalue weighted by atomic mass is 19.1. The number of nitrogens with two attached hydrogens (primary N) is 1. The van der Waals surface area contributed by atoms with Crippen LogP contribution >= 0.6 is 0 Å². The van der Waals surface area contributed by atoms with E-state index in [0.29, 0.717) is 5.69 Å². The Labute approximate surface area is 190 Å². The summed E-state index contributed by atoms with van der Waals surface area (Å²) in [6, 6.07) is 19.1. The maximum Gasteiger partial charge on any atom is 0.259 e. The molecule has 0 saturated carbocycles. The second-order valence-corrected chi connectivity index (χ2v) is 7.69. The summed E-state index contributed by atoms with van der Waals surface area (Å²) in [4.78, 5) is 24.7. The van der Waals surface area contributed by atoms with E-state index in [1.165, 1.54) is 12.1 Å². The molecule has 3 aromatic carbocycles. The number of amides is 2. The number of primary amides is 1. The lowest BCUT2D eigenvalue weighted by atomic mass is 10.0. The molecule has 1 heterocycles. The van der Waals surface area contributed by atoms with E-state index in [4.69, 9.17) is 5.73 Å². The summed E-state index contributed by atoms with van der Waals surface area (Å²) in [7, 11) is 0. The van der Waals surface area contributed by atoms with E-state index in [2.05, 4.69) is 17.3 Å². The molecule has 33 heavy (non-hydrogen) atoms. The lowest BCUT2D eigenvalue weighted by molar-refractivity contribution is 0.0996. The van der Waals surface area contributed by atoms with E-state index >= 15 is 0 Å². The summed E-state index contributed by atoms with van der Waals surface area (Å²) < 4.78 is 16.0. The highest BCUT2D eigenvalue weighted by molar-refractivity contribution is 6.08. The van der Waals surface area contributed by atoms with Crippen LogP contribution in [0.5, 0.6) is 0 Å². The zero-order valence-electron chi connectivity index (χ0n) is 18.3. The van der Waals surface area contributed by atoms with Crippen molar-refractivity contribution in [3.8, 4) is 16.9 Å². The minimum atomic E-state index is -0.713. The maximum atomic E-state index is 14.4. The fourth-order valence-corrected chi connectivity index (χ4v) is 3.56. The Kier molecular flexibility index (Phi) is 6.04. The molecule has 1 aromatic heterocycles. The van der Waals surface area contributed by atoms with Gasteiger partial charge in [-0.15, -0.1) is 0 Å². The third-order valence-electron chi connectivity index (χ3n) is 5.46. The van der Waals surface area contributed by atoms with Crippen LogP contribution in [0.4, 0.5) is 10.1 Å². The quantitative estimate of drug-likeness (QED) is 0.445. The summed E-state index contributed by atoms with van der Waals surface area (Å²) in [5.74, 6) is -1.94. The number of nitrogens with one attached hydrogen (secondary N) is 1. The molecule has 4 aromatic rings. The van der Waals surface area contributed by atoms with Crippen molar-refractivity contribution in [3.63, 3.8) is 0 Å². The molecule has 7 heteroatoms. The second kappa shape index (κ2) is 9.08. The number of para-hydroxylation sites is 1. The number of nitrogens with zero attached hydrogens (tertiary/aromatic N) is 2. The average molecular weight is 442 g/mol. The number of hydrogen-bond donors (Lipinski definition) is 2. The van der Waals surface area contributed by atoms with E-state index < -0.39 is 17.6 Å². The monoisotopic (exact) mass is 442 g/mol. The zero-order valence-corrected chi connectivity index (χ0v) is 18.3. The number of rotatable bonds is 6. The van der Waals surface area contributed by atoms with Gasteiger partial charge in [0.05, 0.1) is 16.9 Å². The average Bonchev–Trinajstić information content (AvgIpc) is 3.26. The standard InChI is InChI=1S/C26H23FN4O2/c1-3-17-8-10-18(11-9-17)24-20(15-31(30-24)23-7-5-4-6-16(23)2)26(33)29-22-14-19(25(28)32)12-13-21(22)27/h4-15H,3H2,1-2H3,(H2,28,32)(H,29,33). The van der Waals surface area contributed by atoms with Gasteiger partial charge in [-0.2, -0.15) is 5.10 Å². The highest BCUT2D eigenvalue weighted by Gasteiger charge is 2.21. The Morgan fingerprint density at radius 2 is 1.79 bits per heavy atom. The number of hydrogen-bond acceptors (Lipinski definition) is 3. The molecule has 0 atom stereocenters. The van der Waals surface area contributed by atoms with E-state index in [1.54, 1.807) is 10.9 Å². The molecule has 4 rings (SSSR count). The first-order valence-corrected chi connectivity index (χ1v) is 10.5. The summed E-state index contributed by atoms with van der Waals surface area (Å²) >= 11 is 0. The topological polar surface area (TPSA) is 90.0 Å². The predicted octanol–water partition coefficient (Wildman–Crippen LogP) is 4.90. The molecule has 0 spiro atoms. The molecule has 3 N–H and O–H groups in total. The molecule has 0 saturated heterocycles. The minimum absolute atomic E-state index is 0.0951. The van der Waals surface area contributed by atoms with E-state index in [-0.39, 0.29) is 16.8 Å². The van der Waals surface area contributed by atoms with E-state index in [0.717, 1.165) is 34.9 Å². The molecular formula is C26H23FN4O2. The lowest BCUT2D eigenvalue weighted by Crippen LogP contribution is -2.16. The van der Waals surface area contributed by atoms with Gasteiger partial charge in [-0.1, -0.05) is 49.4 Å². The fourth-order valence-electron chi connectivity index (χ4n) is 3.56. The summed E-state index contributed by atoms with van der Waals surface area (Å²) in [5.41, 5.74) is 9.72. The van der Waals surface area contributed by atoms with Gasteiger partial charge in [0, 0.05) is 17.3 Å². The van der Waals surface area contributed by atoms with Crippen molar-refractivity contribution < 1.29 is 14.0 Å². The number of aryl methyl sites for hydroxylation is 2. The van der Waals surface area contributed by atoms with Gasteiger partial charge in [-0.3, -0.25) is 9.59 Å². The molecule has 166 valence electrons. The van der Waals surface area contributed by atoms with E-state index in [1.807, 2.05) is 55.5 Å². The first-order chi connectivity index (χ1) is 15.9. The number of carbonyl (C=O) groups is 2. The molecule has 0 aliphatic carbocycles. The molecule has 6 nitrogen and oxygen atoms in total. The molecule has 0 radical (unpaired) electrons. The smallest absolute Gasteiger partial charge is 0.259 e. The highest BCUT2D eigenvalue weighted by Crippen LogP contribution is 2.27. The molecule has 0 fully saturated rings. The first-order valence-electron chi connectivity index (χ1n) is 10.5. The third-order valence-corrected chi connectivity index (χ3v) is 5.46. The Hall–Kier alpha value is -4.26. The Morgan fingerprint density at radius 3 is 2.45 bits per heavy atom. The number of benzene rings is 3. The SMILES string of the molecule is CCc1ccc(-c2nn(-c3ccccc3C)cc2C(=O)Nc2cc(C(N)=O)ccc2F)cc1. The van der Waals surface area contributed by atoms with Crippen molar-refractivity contribution in [2.24, 2.45) is 5.73 Å². The van der Waals surface area contributed by atoms with Crippen LogP contribution < -0.4 is 11.1 Å². The normalized spacial score (nSPS) is 10.8. The molecule has 0 unspecified atom stereocenters. The van der Waals surface area contributed by atoms with Crippen molar-refractivity contribution in [2.75, 3.05) is 5.32 Å². The van der Waals surface area contributed by atoms with Crippen LogP contribution in [0, 0.1) is 12.7 Å². The molecule has 0 aliphatic rings. The Morgan fingerprint density at radius 1 is 1.06 bits per heavy atom. The van der Waals surface area contributed by atoms with Gasteiger partial charge < -0.3 is 11.1 Å². The number of aromatic nitrogens is 2. The van der Waals surface area contributed by atoms with Gasteiger partial charge in [-0.25, -0.2) is 9.07 Å². The second-order valence-electron chi connectivity index (χ2n) is 7.69. The minimum Gasteiger partial charge on any atom is -0.366 e. The third kappa shape index (κ3) is 4.52. The number of anilines is 1. The van der Waals surface area contributed by atoms with Gasteiger partial charge in [0.2, 0.25) is 5.91 Å². The Bertz CT molecular complexity index is 1340. The predicted molar refractivity (Wildman–Crippen MR) is 126 cm³/mol. The fraction of sp³-hybridized carbons (Fsp3) is 0.115. The van der Waals surface area contributed by atoms with Crippen molar-refractivity contribution in [2.45, 2.75) is 20.3 Å². The van der Waals surface area contributed by atoms with Crippen LogP contribution in [0.2, 0.25) is 0 Å². The van der Waals surface area contributed by atoms with Crippen molar-refractivity contribution in [1.29, 1.82) is 0 Å². The van der Waals surface area contributed by atoms with Crippen LogP contribution in [-0.2, 0) is 6.42 Å². The van der Waals surface area contributed by atoms with Gasteiger partial charge in [0.1, 0.15) is 11.5 Å². The summed E-state index contributed by atoms with van der Waals surface area (Å²) in [6.07, 6.45) is 2.51. The largest absolute Gasteiger partial charge is 0.366 e. The zero-order chi connectivity index (χ0) is 23.5. The maximum absolute atomic E-state index is 14.4. The van der Waals surface area contributed by atoms with Crippen molar-refractivity contribution in [3.05, 3.63) is 101 Å². The first kappa shape index (κ1) is 22.0. The molecular weight excluding hydrogens is 419 g/mol. The van der Waals surface area contributed by atoms with Crippen LogP contribution in [0.15, 0.2) is 72.9 Å². The van der Waals surface area contributed by atoms with Crippen LogP contribution in [0.1, 0.15) is 38.8 Å². The van der Waals surface area contributed by atoms with E-state index in [9.17, 15) is 14.0 Å². The Balaban J connectivity index is 1.79. The lowest BCUT2D eigenvalue weighted by Gasteiger charge is -2.08. The molecule has 2 amide bonds. The van der Waals surface area contributed by atoms with Crippen LogP contribution in [-0.4, -0.2) is 21.6 Å². The van der Waals surface area contributed by atoms with Crippen LogP contribution in [0.25, 0.3) is 16.9 Å².